The van der Waals surface area contributed by atoms with Crippen molar-refractivity contribution >= 4 is 5.82 Å². The summed E-state index contributed by atoms with van der Waals surface area (Å²) in [6.45, 7) is 2.99. The Labute approximate surface area is 97.7 Å². The van der Waals surface area contributed by atoms with Crippen LogP contribution in [0, 0.1) is 12.8 Å². The Balaban J connectivity index is 1.69. The van der Waals surface area contributed by atoms with Gasteiger partial charge in [0.1, 0.15) is 5.82 Å². The predicted octanol–water partition coefficient (Wildman–Crippen LogP) is 3.17. The zero-order chi connectivity index (χ0) is 11.2. The van der Waals surface area contributed by atoms with E-state index >= 15 is 0 Å². The Morgan fingerprint density at radius 2 is 2.00 bits per heavy atom. The second-order valence-corrected chi connectivity index (χ2v) is 4.78. The van der Waals surface area contributed by atoms with Gasteiger partial charge in [-0.1, -0.05) is 32.1 Å². The van der Waals surface area contributed by atoms with Crippen LogP contribution in [0.3, 0.4) is 0 Å². The van der Waals surface area contributed by atoms with Crippen molar-refractivity contribution in [1.82, 2.24) is 10.2 Å². The molecule has 1 aliphatic rings. The summed E-state index contributed by atoms with van der Waals surface area (Å²) in [5.74, 6) is 1.83. The summed E-state index contributed by atoms with van der Waals surface area (Å²) >= 11 is 0. The van der Waals surface area contributed by atoms with Crippen molar-refractivity contribution in [2.75, 3.05) is 11.9 Å². The van der Waals surface area contributed by atoms with Crippen LogP contribution in [0.5, 0.6) is 0 Å². The molecule has 1 aliphatic carbocycles. The van der Waals surface area contributed by atoms with E-state index in [0.717, 1.165) is 24.0 Å². The largest absolute Gasteiger partial charge is 0.369 e. The fourth-order valence-corrected chi connectivity index (χ4v) is 2.37. The van der Waals surface area contributed by atoms with Crippen LogP contribution in [0.15, 0.2) is 12.1 Å². The summed E-state index contributed by atoms with van der Waals surface area (Å²) in [6, 6.07) is 4.00. The number of aromatic nitrogens is 2. The first-order chi connectivity index (χ1) is 7.84. The van der Waals surface area contributed by atoms with Gasteiger partial charge in [0.15, 0.2) is 0 Å². The van der Waals surface area contributed by atoms with Gasteiger partial charge in [-0.25, -0.2) is 0 Å². The van der Waals surface area contributed by atoms with Gasteiger partial charge in [-0.3, -0.25) is 0 Å². The molecule has 1 aromatic heterocycles. The van der Waals surface area contributed by atoms with Crippen LogP contribution in [-0.2, 0) is 0 Å². The summed E-state index contributed by atoms with van der Waals surface area (Å²) in [6.07, 6.45) is 8.40. The topological polar surface area (TPSA) is 37.8 Å². The SMILES string of the molecule is Cc1ccc(NCCC2CCCCC2)nn1. The summed E-state index contributed by atoms with van der Waals surface area (Å²) in [7, 11) is 0. The van der Waals surface area contributed by atoms with Crippen molar-refractivity contribution in [2.24, 2.45) is 5.92 Å². The lowest BCUT2D eigenvalue weighted by atomic mass is 9.87. The zero-order valence-corrected chi connectivity index (χ0v) is 10.1. The molecular weight excluding hydrogens is 198 g/mol. The van der Waals surface area contributed by atoms with E-state index in [1.165, 1.54) is 38.5 Å². The molecule has 0 spiro atoms. The van der Waals surface area contributed by atoms with Crippen molar-refractivity contribution in [3.63, 3.8) is 0 Å². The number of nitrogens with one attached hydrogen (secondary N) is 1. The molecular formula is C13H21N3. The summed E-state index contributed by atoms with van der Waals surface area (Å²) in [5, 5.41) is 11.5. The number of rotatable bonds is 4. The lowest BCUT2D eigenvalue weighted by Gasteiger charge is -2.21. The van der Waals surface area contributed by atoms with Crippen molar-refractivity contribution in [2.45, 2.75) is 45.4 Å². The van der Waals surface area contributed by atoms with Crippen LogP contribution in [0.25, 0.3) is 0 Å². The smallest absolute Gasteiger partial charge is 0.148 e. The van der Waals surface area contributed by atoms with Gasteiger partial charge in [-0.2, -0.15) is 5.10 Å². The molecule has 1 saturated carbocycles. The van der Waals surface area contributed by atoms with E-state index in [1.807, 2.05) is 19.1 Å². The van der Waals surface area contributed by atoms with Crippen molar-refractivity contribution in [3.8, 4) is 0 Å². The third-order valence-corrected chi connectivity index (χ3v) is 3.38. The predicted molar refractivity (Wildman–Crippen MR) is 66.5 cm³/mol. The van der Waals surface area contributed by atoms with Crippen LogP contribution >= 0.6 is 0 Å². The lowest BCUT2D eigenvalue weighted by Crippen LogP contribution is -2.12. The molecule has 0 aliphatic heterocycles. The van der Waals surface area contributed by atoms with E-state index in [1.54, 1.807) is 0 Å². The fourth-order valence-electron chi connectivity index (χ4n) is 2.37. The lowest BCUT2D eigenvalue weighted by molar-refractivity contribution is 0.345. The highest BCUT2D eigenvalue weighted by Crippen LogP contribution is 2.25. The maximum atomic E-state index is 4.10. The van der Waals surface area contributed by atoms with Gasteiger partial charge in [0, 0.05) is 6.54 Å². The van der Waals surface area contributed by atoms with Gasteiger partial charge in [0.25, 0.3) is 0 Å². The van der Waals surface area contributed by atoms with Crippen LogP contribution < -0.4 is 5.32 Å². The molecule has 1 heterocycles. The Bertz CT molecular complexity index is 301. The average molecular weight is 219 g/mol. The quantitative estimate of drug-likeness (QED) is 0.845. The first-order valence-electron chi connectivity index (χ1n) is 6.39. The number of hydrogen-bond acceptors (Lipinski definition) is 3. The van der Waals surface area contributed by atoms with E-state index in [0.29, 0.717) is 0 Å². The van der Waals surface area contributed by atoms with Crippen molar-refractivity contribution in [1.29, 1.82) is 0 Å². The van der Waals surface area contributed by atoms with Crippen LogP contribution in [0.2, 0.25) is 0 Å². The minimum Gasteiger partial charge on any atom is -0.369 e. The van der Waals surface area contributed by atoms with Gasteiger partial charge in [-0.05, 0) is 31.4 Å². The third-order valence-electron chi connectivity index (χ3n) is 3.38. The van der Waals surface area contributed by atoms with Gasteiger partial charge >= 0.3 is 0 Å². The molecule has 0 aromatic carbocycles. The normalized spacial score (nSPS) is 17.3. The molecule has 0 bridgehead atoms. The van der Waals surface area contributed by atoms with Crippen molar-refractivity contribution < 1.29 is 0 Å². The fraction of sp³-hybridized carbons (Fsp3) is 0.692. The number of aryl methyl sites for hydroxylation is 1. The molecule has 2 rings (SSSR count). The minimum atomic E-state index is 0.904. The van der Waals surface area contributed by atoms with Crippen LogP contribution in [0.1, 0.15) is 44.2 Å². The van der Waals surface area contributed by atoms with E-state index < -0.39 is 0 Å². The molecule has 0 saturated heterocycles. The maximum absolute atomic E-state index is 4.10. The van der Waals surface area contributed by atoms with Crippen LogP contribution in [0.4, 0.5) is 5.82 Å². The van der Waals surface area contributed by atoms with Gasteiger partial charge in [0.05, 0.1) is 5.69 Å². The van der Waals surface area contributed by atoms with Crippen molar-refractivity contribution in [3.05, 3.63) is 17.8 Å². The molecule has 16 heavy (non-hydrogen) atoms. The Morgan fingerprint density at radius 1 is 1.19 bits per heavy atom. The van der Waals surface area contributed by atoms with Crippen LogP contribution in [-0.4, -0.2) is 16.7 Å². The molecule has 0 radical (unpaired) electrons. The highest BCUT2D eigenvalue weighted by molar-refractivity contribution is 5.32. The molecule has 1 aromatic rings. The molecule has 0 unspecified atom stereocenters. The monoisotopic (exact) mass is 219 g/mol. The number of hydrogen-bond donors (Lipinski definition) is 1. The zero-order valence-electron chi connectivity index (χ0n) is 10.1. The van der Waals surface area contributed by atoms with E-state index in [-0.39, 0.29) is 0 Å². The third kappa shape index (κ3) is 3.47. The number of anilines is 1. The maximum Gasteiger partial charge on any atom is 0.148 e. The standard InChI is InChI=1S/C13H21N3/c1-11-7-8-13(16-15-11)14-10-9-12-5-3-2-4-6-12/h7-8,12H,2-6,9-10H2,1H3,(H,14,16). The molecule has 88 valence electrons. The molecule has 3 heteroatoms. The van der Waals surface area contributed by atoms with Gasteiger partial charge < -0.3 is 5.32 Å². The van der Waals surface area contributed by atoms with E-state index in [4.69, 9.17) is 0 Å². The second kappa shape index (κ2) is 5.83. The van der Waals surface area contributed by atoms with Gasteiger partial charge in [0.2, 0.25) is 0 Å². The molecule has 0 atom stereocenters. The Morgan fingerprint density at radius 3 is 2.69 bits per heavy atom. The average Bonchev–Trinajstić information content (AvgIpc) is 2.33. The second-order valence-electron chi connectivity index (χ2n) is 4.78. The summed E-state index contributed by atoms with van der Waals surface area (Å²) < 4.78 is 0. The molecule has 0 amide bonds. The first kappa shape index (κ1) is 11.4. The highest BCUT2D eigenvalue weighted by atomic mass is 15.2. The Kier molecular flexibility index (Phi) is 4.14. The summed E-state index contributed by atoms with van der Waals surface area (Å²) in [4.78, 5) is 0. The highest BCUT2D eigenvalue weighted by Gasteiger charge is 2.12. The van der Waals surface area contributed by atoms with E-state index in [2.05, 4.69) is 15.5 Å². The Hall–Kier alpha value is -1.12. The first-order valence-corrected chi connectivity index (χ1v) is 6.39. The molecule has 1 fully saturated rings. The van der Waals surface area contributed by atoms with Gasteiger partial charge in [-0.15, -0.1) is 5.10 Å². The summed E-state index contributed by atoms with van der Waals surface area (Å²) in [5.41, 5.74) is 0.970. The molecule has 3 nitrogen and oxygen atoms in total. The van der Waals surface area contributed by atoms with E-state index in [9.17, 15) is 0 Å². The molecule has 1 N–H and O–H groups in total. The number of nitrogens with zero attached hydrogens (tertiary/aromatic N) is 2. The minimum absolute atomic E-state index is 0.904.